The van der Waals surface area contributed by atoms with Crippen LogP contribution >= 0.6 is 0 Å². The zero-order chi connectivity index (χ0) is 13.3. The molecule has 2 atom stereocenters. The van der Waals surface area contributed by atoms with Gasteiger partial charge < -0.3 is 11.1 Å². The van der Waals surface area contributed by atoms with Gasteiger partial charge in [0.05, 0.1) is 5.69 Å². The lowest BCUT2D eigenvalue weighted by molar-refractivity contribution is 0.556. The van der Waals surface area contributed by atoms with Crippen LogP contribution in [0.4, 0.5) is 11.4 Å². The Morgan fingerprint density at radius 2 is 2.06 bits per heavy atom. The fourth-order valence-corrected chi connectivity index (χ4v) is 3.12. The summed E-state index contributed by atoms with van der Waals surface area (Å²) < 4.78 is 22.5. The second kappa shape index (κ2) is 4.78. The van der Waals surface area contributed by atoms with E-state index < -0.39 is 10.0 Å². The van der Waals surface area contributed by atoms with Crippen LogP contribution in [0.1, 0.15) is 26.2 Å². The molecule has 0 aliphatic heterocycles. The van der Waals surface area contributed by atoms with Crippen molar-refractivity contribution in [3.63, 3.8) is 0 Å². The van der Waals surface area contributed by atoms with Gasteiger partial charge in [-0.25, -0.2) is 13.6 Å². The predicted octanol–water partition coefficient (Wildman–Crippen LogP) is 1.52. The molecule has 0 amide bonds. The summed E-state index contributed by atoms with van der Waals surface area (Å²) in [5.41, 5.74) is 6.75. The van der Waals surface area contributed by atoms with E-state index in [-0.39, 0.29) is 10.6 Å². The summed E-state index contributed by atoms with van der Waals surface area (Å²) in [5.74, 6) is 0.629. The van der Waals surface area contributed by atoms with Crippen LogP contribution in [-0.4, -0.2) is 14.5 Å². The third-order valence-corrected chi connectivity index (χ3v) is 4.51. The number of rotatable bonds is 3. The van der Waals surface area contributed by atoms with Gasteiger partial charge in [-0.15, -0.1) is 0 Å². The molecule has 5 N–H and O–H groups in total. The quantitative estimate of drug-likeness (QED) is 0.724. The van der Waals surface area contributed by atoms with E-state index in [2.05, 4.69) is 12.2 Å². The molecule has 1 aliphatic rings. The van der Waals surface area contributed by atoms with Crippen LogP contribution < -0.4 is 16.2 Å². The number of nitrogen functional groups attached to an aromatic ring is 1. The lowest BCUT2D eigenvalue weighted by atomic mass is 10.1. The fraction of sp³-hybridized carbons (Fsp3) is 0.500. The van der Waals surface area contributed by atoms with Gasteiger partial charge in [0.1, 0.15) is 4.90 Å². The lowest BCUT2D eigenvalue weighted by Crippen LogP contribution is -2.22. The Hall–Kier alpha value is -1.27. The number of hydrogen-bond acceptors (Lipinski definition) is 4. The number of anilines is 2. The van der Waals surface area contributed by atoms with Crippen LogP contribution in [-0.2, 0) is 10.0 Å². The van der Waals surface area contributed by atoms with E-state index in [1.807, 2.05) is 0 Å². The smallest absolute Gasteiger partial charge is 0.240 e. The maximum Gasteiger partial charge on any atom is 0.240 e. The van der Waals surface area contributed by atoms with E-state index >= 15 is 0 Å². The number of benzene rings is 1. The summed E-state index contributed by atoms with van der Waals surface area (Å²) in [5, 5.41) is 8.46. The molecular weight excluding hydrogens is 250 g/mol. The van der Waals surface area contributed by atoms with Crippen LogP contribution in [0.2, 0.25) is 0 Å². The van der Waals surface area contributed by atoms with Crippen molar-refractivity contribution in [2.24, 2.45) is 11.1 Å². The highest BCUT2D eigenvalue weighted by molar-refractivity contribution is 7.89. The Kier molecular flexibility index (Phi) is 3.49. The molecule has 1 aromatic carbocycles. The first-order chi connectivity index (χ1) is 8.38. The van der Waals surface area contributed by atoms with E-state index in [0.717, 1.165) is 12.1 Å². The van der Waals surface area contributed by atoms with E-state index in [9.17, 15) is 8.42 Å². The van der Waals surface area contributed by atoms with Crippen molar-refractivity contribution in [1.29, 1.82) is 0 Å². The molecule has 2 unspecified atom stereocenters. The minimum absolute atomic E-state index is 0.0208. The minimum Gasteiger partial charge on any atom is -0.398 e. The summed E-state index contributed by atoms with van der Waals surface area (Å²) in [6, 6.07) is 5.23. The van der Waals surface area contributed by atoms with Crippen molar-refractivity contribution < 1.29 is 8.42 Å². The fourth-order valence-electron chi connectivity index (χ4n) is 2.47. The van der Waals surface area contributed by atoms with Crippen LogP contribution in [0.15, 0.2) is 23.1 Å². The molecule has 1 aromatic rings. The lowest BCUT2D eigenvalue weighted by Gasteiger charge is -2.19. The largest absolute Gasteiger partial charge is 0.398 e. The zero-order valence-electron chi connectivity index (χ0n) is 10.4. The van der Waals surface area contributed by atoms with Gasteiger partial charge in [-0.1, -0.05) is 13.3 Å². The molecule has 1 fully saturated rings. The van der Waals surface area contributed by atoms with Crippen LogP contribution in [0.25, 0.3) is 0 Å². The van der Waals surface area contributed by atoms with Gasteiger partial charge in [-0.2, -0.15) is 0 Å². The van der Waals surface area contributed by atoms with E-state index in [0.29, 0.717) is 12.0 Å². The molecule has 0 spiro atoms. The Balaban J connectivity index is 2.19. The van der Waals surface area contributed by atoms with E-state index in [4.69, 9.17) is 10.9 Å². The standard InChI is InChI=1S/C12H19N3O2S/c1-8-3-2-4-11(8)15-9-5-6-12(10(13)7-9)18(14,16)17/h5-8,11,15H,2-4,13H2,1H3,(H2,14,16,17). The average molecular weight is 269 g/mol. The summed E-state index contributed by atoms with van der Waals surface area (Å²) in [4.78, 5) is -0.0208. The molecule has 1 saturated carbocycles. The Bertz CT molecular complexity index is 542. The second-order valence-corrected chi connectivity index (χ2v) is 6.49. The van der Waals surface area contributed by atoms with E-state index in [1.165, 1.54) is 18.9 Å². The molecule has 0 saturated heterocycles. The van der Waals surface area contributed by atoms with Gasteiger partial charge >= 0.3 is 0 Å². The van der Waals surface area contributed by atoms with Gasteiger partial charge in [0, 0.05) is 11.7 Å². The molecule has 100 valence electrons. The Morgan fingerprint density at radius 1 is 1.33 bits per heavy atom. The van der Waals surface area contributed by atoms with E-state index in [1.54, 1.807) is 12.1 Å². The first kappa shape index (κ1) is 13.2. The number of primary sulfonamides is 1. The highest BCUT2D eigenvalue weighted by atomic mass is 32.2. The molecule has 18 heavy (non-hydrogen) atoms. The average Bonchev–Trinajstić information content (AvgIpc) is 2.62. The molecule has 0 bridgehead atoms. The predicted molar refractivity (Wildman–Crippen MR) is 72.7 cm³/mol. The van der Waals surface area contributed by atoms with Crippen LogP contribution in [0, 0.1) is 5.92 Å². The summed E-state index contributed by atoms with van der Waals surface area (Å²) in [6.45, 7) is 2.22. The monoisotopic (exact) mass is 269 g/mol. The zero-order valence-corrected chi connectivity index (χ0v) is 11.2. The molecular formula is C12H19N3O2S. The van der Waals surface area contributed by atoms with Gasteiger partial charge in [-0.05, 0) is 37.0 Å². The molecule has 0 heterocycles. The number of nitrogens with two attached hydrogens (primary N) is 2. The first-order valence-electron chi connectivity index (χ1n) is 6.07. The second-order valence-electron chi connectivity index (χ2n) is 4.96. The van der Waals surface area contributed by atoms with Gasteiger partial charge in [-0.3, -0.25) is 0 Å². The molecule has 1 aliphatic carbocycles. The van der Waals surface area contributed by atoms with Crippen molar-refractivity contribution >= 4 is 21.4 Å². The van der Waals surface area contributed by atoms with Crippen LogP contribution in [0.5, 0.6) is 0 Å². The van der Waals surface area contributed by atoms with Crippen molar-refractivity contribution in [3.8, 4) is 0 Å². The first-order valence-corrected chi connectivity index (χ1v) is 7.61. The van der Waals surface area contributed by atoms with Gasteiger partial charge in [0.2, 0.25) is 10.0 Å². The molecule has 2 rings (SSSR count). The number of nitrogens with one attached hydrogen (secondary N) is 1. The van der Waals surface area contributed by atoms with Crippen molar-refractivity contribution in [3.05, 3.63) is 18.2 Å². The number of hydrogen-bond donors (Lipinski definition) is 3. The topological polar surface area (TPSA) is 98.2 Å². The maximum absolute atomic E-state index is 11.2. The SMILES string of the molecule is CC1CCCC1Nc1ccc(S(N)(=O)=O)c(N)c1. The number of sulfonamides is 1. The van der Waals surface area contributed by atoms with Crippen molar-refractivity contribution in [1.82, 2.24) is 0 Å². The normalized spacial score (nSPS) is 24.1. The van der Waals surface area contributed by atoms with Crippen LogP contribution in [0.3, 0.4) is 0 Å². The summed E-state index contributed by atoms with van der Waals surface area (Å²) in [7, 11) is -3.74. The minimum atomic E-state index is -3.74. The molecule has 0 aromatic heterocycles. The summed E-state index contributed by atoms with van der Waals surface area (Å²) >= 11 is 0. The Labute approximate surface area is 108 Å². The highest BCUT2D eigenvalue weighted by Crippen LogP contribution is 2.29. The maximum atomic E-state index is 11.2. The molecule has 0 radical (unpaired) electrons. The van der Waals surface area contributed by atoms with Crippen molar-refractivity contribution in [2.45, 2.75) is 37.1 Å². The van der Waals surface area contributed by atoms with Crippen molar-refractivity contribution in [2.75, 3.05) is 11.1 Å². The summed E-state index contributed by atoms with van der Waals surface area (Å²) in [6.07, 6.45) is 3.59. The van der Waals surface area contributed by atoms with Gasteiger partial charge in [0.15, 0.2) is 0 Å². The molecule has 6 heteroatoms. The van der Waals surface area contributed by atoms with Gasteiger partial charge in [0.25, 0.3) is 0 Å². The Morgan fingerprint density at radius 3 is 2.56 bits per heavy atom. The third kappa shape index (κ3) is 2.76. The third-order valence-electron chi connectivity index (χ3n) is 3.53. The molecule has 5 nitrogen and oxygen atoms in total. The highest BCUT2D eigenvalue weighted by Gasteiger charge is 2.23.